The molecule has 1 aromatic carbocycles. The van der Waals surface area contributed by atoms with Gasteiger partial charge in [-0.05, 0) is 5.56 Å². The number of amides is 3. The number of aliphatic carboxylic acids is 1. The average molecular weight is 382 g/mol. The van der Waals surface area contributed by atoms with Crippen LogP contribution < -0.4 is 21.7 Å². The van der Waals surface area contributed by atoms with Gasteiger partial charge < -0.3 is 26.8 Å². The number of hydrogen-bond donors (Lipinski definition) is 6. The molecule has 3 amide bonds. The van der Waals surface area contributed by atoms with Gasteiger partial charge in [0.15, 0.2) is 0 Å². The number of carboxylic acid groups (broad SMARTS) is 1. The first kappa shape index (κ1) is 21.5. The first-order valence-corrected chi connectivity index (χ1v) is 8.44. The number of benzene rings is 1. The van der Waals surface area contributed by atoms with Crippen LogP contribution in [0.2, 0.25) is 0 Å². The highest BCUT2D eigenvalue weighted by Crippen LogP contribution is 2.04. The molecule has 9 nitrogen and oxygen atoms in total. The maximum absolute atomic E-state index is 12.4. The largest absolute Gasteiger partial charge is 0.480 e. The standard InChI is InChI=1S/C16H22N4O5S/c17-7-13(21)19-12(9-26)16(25)20-11(15(24)18-8-14(22)23)6-10-4-2-1-3-5-10/h1-5,11-12,26H,6-9,17H2,(H,18,24)(H,19,21)(H,20,25)(H,22,23). The van der Waals surface area contributed by atoms with Crippen LogP contribution in [0.1, 0.15) is 5.56 Å². The third kappa shape index (κ3) is 7.53. The predicted octanol–water partition coefficient (Wildman–Crippen LogP) is -1.71. The molecule has 0 fully saturated rings. The molecule has 0 saturated heterocycles. The number of carboxylic acids is 1. The molecule has 142 valence electrons. The summed E-state index contributed by atoms with van der Waals surface area (Å²) in [4.78, 5) is 46.6. The van der Waals surface area contributed by atoms with E-state index < -0.39 is 42.3 Å². The lowest BCUT2D eigenvalue weighted by molar-refractivity contribution is -0.138. The summed E-state index contributed by atoms with van der Waals surface area (Å²) in [6.45, 7) is -0.857. The van der Waals surface area contributed by atoms with Gasteiger partial charge in [-0.25, -0.2) is 0 Å². The highest BCUT2D eigenvalue weighted by atomic mass is 32.1. The second-order valence-electron chi connectivity index (χ2n) is 5.37. The number of hydrogen-bond acceptors (Lipinski definition) is 6. The smallest absolute Gasteiger partial charge is 0.322 e. The van der Waals surface area contributed by atoms with Crippen molar-refractivity contribution in [1.82, 2.24) is 16.0 Å². The van der Waals surface area contributed by atoms with E-state index in [-0.39, 0.29) is 18.7 Å². The van der Waals surface area contributed by atoms with Gasteiger partial charge in [-0.2, -0.15) is 12.6 Å². The van der Waals surface area contributed by atoms with Gasteiger partial charge in [0.2, 0.25) is 17.7 Å². The fourth-order valence-corrected chi connectivity index (χ4v) is 2.32. The monoisotopic (exact) mass is 382 g/mol. The Morgan fingerprint density at radius 2 is 1.69 bits per heavy atom. The summed E-state index contributed by atoms with van der Waals surface area (Å²) >= 11 is 4.02. The van der Waals surface area contributed by atoms with Gasteiger partial charge in [0, 0.05) is 12.2 Å². The minimum absolute atomic E-state index is 0.00632. The second-order valence-corrected chi connectivity index (χ2v) is 5.73. The van der Waals surface area contributed by atoms with Crippen LogP contribution in [0.4, 0.5) is 0 Å². The molecule has 0 aliphatic rings. The van der Waals surface area contributed by atoms with Gasteiger partial charge in [0.05, 0.1) is 6.54 Å². The van der Waals surface area contributed by atoms with Crippen molar-refractivity contribution in [1.29, 1.82) is 0 Å². The highest BCUT2D eigenvalue weighted by molar-refractivity contribution is 7.80. The van der Waals surface area contributed by atoms with Crippen LogP contribution in [0.5, 0.6) is 0 Å². The SMILES string of the molecule is NCC(=O)NC(CS)C(=O)NC(Cc1ccccc1)C(=O)NCC(=O)O. The Morgan fingerprint density at radius 3 is 2.23 bits per heavy atom. The molecule has 1 aromatic rings. The number of carbonyl (C=O) groups is 4. The number of carbonyl (C=O) groups excluding carboxylic acids is 3. The summed E-state index contributed by atoms with van der Waals surface area (Å²) in [5.41, 5.74) is 5.98. The van der Waals surface area contributed by atoms with E-state index in [2.05, 4.69) is 28.6 Å². The summed E-state index contributed by atoms with van der Waals surface area (Å²) in [6, 6.07) is 6.93. The number of thiol groups is 1. The lowest BCUT2D eigenvalue weighted by atomic mass is 10.0. The van der Waals surface area contributed by atoms with Gasteiger partial charge in [-0.3, -0.25) is 19.2 Å². The molecule has 0 aliphatic heterocycles. The van der Waals surface area contributed by atoms with Crippen LogP contribution in [-0.4, -0.2) is 59.7 Å². The van der Waals surface area contributed by atoms with Crippen molar-refractivity contribution >= 4 is 36.3 Å². The van der Waals surface area contributed by atoms with Crippen LogP contribution in [0.25, 0.3) is 0 Å². The maximum atomic E-state index is 12.4. The molecular weight excluding hydrogens is 360 g/mol. The molecule has 0 aromatic heterocycles. The Morgan fingerprint density at radius 1 is 1.04 bits per heavy atom. The molecule has 0 spiro atoms. The molecular formula is C16H22N4O5S. The minimum Gasteiger partial charge on any atom is -0.480 e. The Bertz CT molecular complexity index is 641. The van der Waals surface area contributed by atoms with Gasteiger partial charge in [0.1, 0.15) is 18.6 Å². The molecule has 26 heavy (non-hydrogen) atoms. The quantitative estimate of drug-likeness (QED) is 0.265. The Balaban J connectivity index is 2.85. The topological polar surface area (TPSA) is 151 Å². The summed E-state index contributed by atoms with van der Waals surface area (Å²) in [6.07, 6.45) is 0.155. The van der Waals surface area contributed by atoms with E-state index in [0.717, 1.165) is 5.56 Å². The molecule has 0 radical (unpaired) electrons. The highest BCUT2D eigenvalue weighted by Gasteiger charge is 2.26. The lowest BCUT2D eigenvalue weighted by Crippen LogP contribution is -2.56. The number of nitrogens with one attached hydrogen (secondary N) is 3. The lowest BCUT2D eigenvalue weighted by Gasteiger charge is -2.22. The van der Waals surface area contributed by atoms with Crippen molar-refractivity contribution in [2.75, 3.05) is 18.8 Å². The number of nitrogens with two attached hydrogens (primary N) is 1. The van der Waals surface area contributed by atoms with Gasteiger partial charge in [0.25, 0.3) is 0 Å². The van der Waals surface area contributed by atoms with Gasteiger partial charge in [-0.1, -0.05) is 30.3 Å². The Hall–Kier alpha value is -2.59. The van der Waals surface area contributed by atoms with E-state index in [9.17, 15) is 19.2 Å². The van der Waals surface area contributed by atoms with Crippen LogP contribution in [0.15, 0.2) is 30.3 Å². The molecule has 0 bridgehead atoms. The zero-order valence-electron chi connectivity index (χ0n) is 14.0. The molecule has 2 unspecified atom stereocenters. The summed E-state index contributed by atoms with van der Waals surface area (Å²) in [5.74, 6) is -2.99. The van der Waals surface area contributed by atoms with E-state index >= 15 is 0 Å². The third-order valence-electron chi connectivity index (χ3n) is 3.35. The minimum atomic E-state index is -1.20. The summed E-state index contributed by atoms with van der Waals surface area (Å²) in [5, 5.41) is 15.9. The Kier molecular flexibility index (Phi) is 9.17. The molecule has 10 heteroatoms. The van der Waals surface area contributed by atoms with Crippen LogP contribution in [0.3, 0.4) is 0 Å². The summed E-state index contributed by atoms with van der Waals surface area (Å²) < 4.78 is 0. The van der Waals surface area contributed by atoms with Gasteiger partial charge >= 0.3 is 5.97 Å². The van der Waals surface area contributed by atoms with E-state index in [0.29, 0.717) is 0 Å². The molecule has 6 N–H and O–H groups in total. The zero-order chi connectivity index (χ0) is 19.5. The summed E-state index contributed by atoms with van der Waals surface area (Å²) in [7, 11) is 0. The fourth-order valence-electron chi connectivity index (χ4n) is 2.06. The van der Waals surface area contributed by atoms with Crippen molar-refractivity contribution in [3.8, 4) is 0 Å². The van der Waals surface area contributed by atoms with E-state index in [1.807, 2.05) is 0 Å². The predicted molar refractivity (Wildman–Crippen MR) is 97.6 cm³/mol. The average Bonchev–Trinajstić information content (AvgIpc) is 2.63. The van der Waals surface area contributed by atoms with E-state index in [4.69, 9.17) is 10.8 Å². The van der Waals surface area contributed by atoms with Crippen LogP contribution >= 0.6 is 12.6 Å². The first-order valence-electron chi connectivity index (χ1n) is 7.81. The van der Waals surface area contributed by atoms with Crippen molar-refractivity contribution in [3.63, 3.8) is 0 Å². The normalized spacial score (nSPS) is 12.5. The zero-order valence-corrected chi connectivity index (χ0v) is 14.9. The molecule has 1 rings (SSSR count). The molecule has 0 heterocycles. The van der Waals surface area contributed by atoms with Crippen molar-refractivity contribution in [3.05, 3.63) is 35.9 Å². The van der Waals surface area contributed by atoms with Crippen LogP contribution in [-0.2, 0) is 25.6 Å². The molecule has 0 aliphatic carbocycles. The van der Waals surface area contributed by atoms with Crippen LogP contribution in [0, 0.1) is 0 Å². The fraction of sp³-hybridized carbons (Fsp3) is 0.375. The Labute approximate surface area is 156 Å². The van der Waals surface area contributed by atoms with Gasteiger partial charge in [-0.15, -0.1) is 0 Å². The molecule has 2 atom stereocenters. The van der Waals surface area contributed by atoms with Crippen molar-refractivity contribution in [2.45, 2.75) is 18.5 Å². The maximum Gasteiger partial charge on any atom is 0.322 e. The van der Waals surface area contributed by atoms with Crippen molar-refractivity contribution < 1.29 is 24.3 Å². The van der Waals surface area contributed by atoms with Crippen molar-refractivity contribution in [2.24, 2.45) is 5.73 Å². The third-order valence-corrected chi connectivity index (χ3v) is 3.71. The second kappa shape index (κ2) is 11.1. The molecule has 0 saturated carbocycles. The first-order chi connectivity index (χ1) is 12.4. The van der Waals surface area contributed by atoms with E-state index in [1.165, 1.54) is 0 Å². The van der Waals surface area contributed by atoms with E-state index in [1.54, 1.807) is 30.3 Å². The number of rotatable bonds is 10.